The molecule has 0 spiro atoms. The number of benzene rings is 4. The molecule has 226 valence electrons. The third kappa shape index (κ3) is 7.26. The van der Waals surface area contributed by atoms with Gasteiger partial charge in [-0.1, -0.05) is 84.2 Å². The van der Waals surface area contributed by atoms with Crippen molar-refractivity contribution < 1.29 is 19.7 Å². The summed E-state index contributed by atoms with van der Waals surface area (Å²) in [6.07, 6.45) is 2.05. The van der Waals surface area contributed by atoms with Gasteiger partial charge >= 0.3 is 5.97 Å². The van der Waals surface area contributed by atoms with E-state index in [9.17, 15) is 9.90 Å². The molecule has 6 heteroatoms. The number of nitrogens with zero attached hydrogens (tertiary/aromatic N) is 1. The highest BCUT2D eigenvalue weighted by atomic mass is 32.2. The van der Waals surface area contributed by atoms with Gasteiger partial charge in [0.1, 0.15) is 12.4 Å². The van der Waals surface area contributed by atoms with Crippen LogP contribution in [0.4, 0.5) is 5.69 Å². The minimum Gasteiger partial charge on any atom is -0.488 e. The Bertz CT molecular complexity index is 1580. The lowest BCUT2D eigenvalue weighted by atomic mass is 9.79. The van der Waals surface area contributed by atoms with E-state index in [-0.39, 0.29) is 12.5 Å². The van der Waals surface area contributed by atoms with Crippen LogP contribution in [0.3, 0.4) is 0 Å². The summed E-state index contributed by atoms with van der Waals surface area (Å²) >= 11 is 1.68. The molecule has 1 aliphatic heterocycles. The van der Waals surface area contributed by atoms with Crippen molar-refractivity contribution in [1.29, 1.82) is 0 Å². The zero-order valence-electron chi connectivity index (χ0n) is 26.5. The lowest BCUT2D eigenvalue weighted by Crippen LogP contribution is -2.26. The molecule has 0 saturated carbocycles. The highest BCUT2D eigenvalue weighted by molar-refractivity contribution is 8.00. The van der Waals surface area contributed by atoms with Crippen LogP contribution in [0.1, 0.15) is 67.1 Å². The molecule has 2 N–H and O–H groups in total. The zero-order valence-corrected chi connectivity index (χ0v) is 27.3. The lowest BCUT2D eigenvalue weighted by Gasteiger charge is -2.40. The minimum atomic E-state index is -0.826. The van der Waals surface area contributed by atoms with Crippen LogP contribution in [0.2, 0.25) is 0 Å². The van der Waals surface area contributed by atoms with Gasteiger partial charge in [0.15, 0.2) is 0 Å². The number of hydrogen-bond donors (Lipinski definition) is 2. The van der Waals surface area contributed by atoms with Crippen LogP contribution in [0.15, 0.2) is 72.8 Å². The van der Waals surface area contributed by atoms with Crippen molar-refractivity contribution in [2.45, 2.75) is 73.1 Å². The number of aliphatic carboxylic acids is 1. The quantitative estimate of drug-likeness (QED) is 0.207. The second-order valence-corrected chi connectivity index (χ2v) is 12.9. The maximum absolute atomic E-state index is 12.1. The average molecular weight is 598 g/mol. The fraction of sp³-hybridized carbons (Fsp3) is 0.324. The van der Waals surface area contributed by atoms with Crippen molar-refractivity contribution in [3.05, 3.63) is 106 Å². The zero-order chi connectivity index (χ0) is 31.5. The molecule has 0 unspecified atom stereocenters. The minimum absolute atomic E-state index is 0.0290. The summed E-state index contributed by atoms with van der Waals surface area (Å²) in [5, 5.41) is 18.4. The molecule has 4 aromatic rings. The molecule has 1 aliphatic rings. The largest absolute Gasteiger partial charge is 0.488 e. The molecule has 1 heterocycles. The predicted molar refractivity (Wildman–Crippen MR) is 180 cm³/mol. The SMILES string of the molecule is CC(C)(C)O.CSN1c2c(C)c(CC(=O)O)c(-c3ccc(C)cc3)c(C)c2-c2c(OCc3ccccc3)cccc2[C@@H]1C. The lowest BCUT2D eigenvalue weighted by molar-refractivity contribution is -0.136. The van der Waals surface area contributed by atoms with Gasteiger partial charge in [-0.3, -0.25) is 4.79 Å². The van der Waals surface area contributed by atoms with E-state index in [1.807, 2.05) is 18.2 Å². The summed E-state index contributed by atoms with van der Waals surface area (Å²) in [5.41, 5.74) is 11.3. The number of anilines is 1. The highest BCUT2D eigenvalue weighted by Gasteiger charge is 2.35. The molecule has 0 radical (unpaired) electrons. The van der Waals surface area contributed by atoms with E-state index in [2.05, 4.69) is 92.9 Å². The van der Waals surface area contributed by atoms with Crippen molar-refractivity contribution in [2.24, 2.45) is 0 Å². The number of carboxylic acid groups (broad SMARTS) is 1. The van der Waals surface area contributed by atoms with Gasteiger partial charge in [-0.2, -0.15) is 0 Å². The van der Waals surface area contributed by atoms with Crippen LogP contribution in [-0.2, 0) is 17.8 Å². The van der Waals surface area contributed by atoms with Crippen molar-refractivity contribution in [1.82, 2.24) is 0 Å². The third-order valence-corrected chi connectivity index (χ3v) is 8.42. The Balaban J connectivity index is 0.000000782. The molecular weight excluding hydrogens is 554 g/mol. The standard InChI is InChI=1S/C33H33NO3S.C4H10O/c1-20-14-16-25(17-15-20)30-22(3)31-32-26(12-9-13-28(32)37-19-24-10-7-6-8-11-24)23(4)34(38-5)33(31)21(2)27(30)18-29(35)36;1-4(2,3)5/h6-17,23H,18-19H2,1-5H3,(H,35,36);5H,1-3H3/t23-;/m0./s1. The summed E-state index contributed by atoms with van der Waals surface area (Å²) < 4.78 is 8.82. The first kappa shape index (κ1) is 32.2. The fourth-order valence-electron chi connectivity index (χ4n) is 5.70. The van der Waals surface area contributed by atoms with Crippen LogP contribution >= 0.6 is 11.9 Å². The number of aryl methyl sites for hydroxylation is 1. The fourth-order valence-corrected chi connectivity index (χ4v) is 6.54. The third-order valence-electron chi connectivity index (χ3n) is 7.53. The molecule has 1 atom stereocenters. The van der Waals surface area contributed by atoms with Crippen molar-refractivity contribution >= 4 is 23.6 Å². The number of carbonyl (C=O) groups is 1. The summed E-state index contributed by atoms with van der Waals surface area (Å²) in [6.45, 7) is 14.2. The van der Waals surface area contributed by atoms with Gasteiger partial charge in [0.05, 0.1) is 23.8 Å². The van der Waals surface area contributed by atoms with E-state index < -0.39 is 11.6 Å². The number of rotatable bonds is 7. The Hall–Kier alpha value is -3.74. The summed E-state index contributed by atoms with van der Waals surface area (Å²) in [5.74, 6) is 0.0243. The van der Waals surface area contributed by atoms with Crippen molar-refractivity contribution in [2.75, 3.05) is 10.6 Å². The Morgan fingerprint density at radius 3 is 2.09 bits per heavy atom. The van der Waals surface area contributed by atoms with Crippen LogP contribution in [0, 0.1) is 20.8 Å². The molecule has 0 aliphatic carbocycles. The van der Waals surface area contributed by atoms with Gasteiger partial charge in [0.25, 0.3) is 0 Å². The monoisotopic (exact) mass is 597 g/mol. The van der Waals surface area contributed by atoms with Gasteiger partial charge in [0.2, 0.25) is 0 Å². The molecule has 0 saturated heterocycles. The molecule has 43 heavy (non-hydrogen) atoms. The van der Waals surface area contributed by atoms with Gasteiger partial charge in [-0.25, -0.2) is 0 Å². The summed E-state index contributed by atoms with van der Waals surface area (Å²) in [7, 11) is 0. The highest BCUT2D eigenvalue weighted by Crippen LogP contribution is 2.55. The first-order valence-electron chi connectivity index (χ1n) is 14.6. The maximum Gasteiger partial charge on any atom is 0.307 e. The van der Waals surface area contributed by atoms with Crippen LogP contribution in [0.25, 0.3) is 22.3 Å². The van der Waals surface area contributed by atoms with Crippen LogP contribution in [-0.4, -0.2) is 28.0 Å². The Kier molecular flexibility index (Phi) is 9.93. The van der Waals surface area contributed by atoms with Gasteiger partial charge in [0, 0.05) is 17.4 Å². The molecule has 0 bridgehead atoms. The first-order valence-corrected chi connectivity index (χ1v) is 15.8. The van der Waals surface area contributed by atoms with Crippen LogP contribution < -0.4 is 9.04 Å². The molecule has 5 nitrogen and oxygen atoms in total. The van der Waals surface area contributed by atoms with Crippen molar-refractivity contribution in [3.63, 3.8) is 0 Å². The van der Waals surface area contributed by atoms with Gasteiger partial charge < -0.3 is 19.3 Å². The normalized spacial score (nSPS) is 13.9. The Labute approximate surface area is 260 Å². The van der Waals surface area contributed by atoms with Crippen LogP contribution in [0.5, 0.6) is 5.75 Å². The maximum atomic E-state index is 12.1. The Morgan fingerprint density at radius 1 is 0.884 bits per heavy atom. The average Bonchev–Trinajstić information content (AvgIpc) is 2.95. The van der Waals surface area contributed by atoms with Crippen molar-refractivity contribution in [3.8, 4) is 28.0 Å². The number of aliphatic hydroxyl groups is 1. The molecule has 0 aromatic heterocycles. The number of ether oxygens (including phenoxy) is 1. The van der Waals surface area contributed by atoms with E-state index in [1.165, 1.54) is 11.1 Å². The molecule has 0 fully saturated rings. The van der Waals surface area contributed by atoms with E-state index >= 15 is 0 Å². The molecule has 5 rings (SSSR count). The predicted octanol–water partition coefficient (Wildman–Crippen LogP) is 9.09. The van der Waals surface area contributed by atoms with E-state index in [0.717, 1.165) is 55.9 Å². The smallest absolute Gasteiger partial charge is 0.307 e. The Morgan fingerprint density at radius 2 is 1.51 bits per heavy atom. The van der Waals surface area contributed by atoms with Gasteiger partial charge in [-0.15, -0.1) is 0 Å². The van der Waals surface area contributed by atoms with Gasteiger partial charge in [-0.05, 0) is 93.5 Å². The summed E-state index contributed by atoms with van der Waals surface area (Å²) in [4.78, 5) is 12.1. The van der Waals surface area contributed by atoms with E-state index in [1.54, 1.807) is 32.7 Å². The summed E-state index contributed by atoms with van der Waals surface area (Å²) in [6, 6.07) is 25.0. The number of hydrogen-bond acceptors (Lipinski definition) is 5. The second kappa shape index (κ2) is 13.3. The molecule has 0 amide bonds. The van der Waals surface area contributed by atoms with E-state index in [0.29, 0.717) is 6.61 Å². The number of carboxylic acids is 1. The second-order valence-electron chi connectivity index (χ2n) is 12.1. The molecular formula is C37H43NO4S. The molecule has 4 aromatic carbocycles. The van der Waals surface area contributed by atoms with E-state index in [4.69, 9.17) is 9.84 Å². The topological polar surface area (TPSA) is 70.0 Å². The number of fused-ring (bicyclic) bond motifs is 3. The first-order chi connectivity index (χ1) is 20.3.